The number of aromatic nitrogens is 2. The van der Waals surface area contributed by atoms with Gasteiger partial charge in [0.1, 0.15) is 23.9 Å². The van der Waals surface area contributed by atoms with E-state index in [-0.39, 0.29) is 36.5 Å². The van der Waals surface area contributed by atoms with Crippen molar-refractivity contribution in [2.24, 2.45) is 5.41 Å². The Morgan fingerprint density at radius 3 is 2.57 bits per heavy atom. The van der Waals surface area contributed by atoms with Crippen LogP contribution in [0.5, 0.6) is 11.5 Å². The van der Waals surface area contributed by atoms with Crippen LogP contribution in [0.15, 0.2) is 67.0 Å². The van der Waals surface area contributed by atoms with Gasteiger partial charge in [0.15, 0.2) is 0 Å². The van der Waals surface area contributed by atoms with E-state index >= 15 is 0 Å². The lowest BCUT2D eigenvalue weighted by atomic mass is 9.53. The molecule has 42 heavy (non-hydrogen) atoms. The Balaban J connectivity index is 0.951. The molecule has 2 aromatic heterocycles. The number of nitrogens with zero attached hydrogens (tertiary/aromatic N) is 3. The molecule has 1 amide bonds. The van der Waals surface area contributed by atoms with Gasteiger partial charge in [-0.25, -0.2) is 8.91 Å². The van der Waals surface area contributed by atoms with Gasteiger partial charge in [-0.3, -0.25) is 4.79 Å². The lowest BCUT2D eigenvalue weighted by molar-refractivity contribution is -0.126. The molecule has 1 spiro atoms. The van der Waals surface area contributed by atoms with Crippen molar-refractivity contribution in [2.45, 2.75) is 63.7 Å². The van der Waals surface area contributed by atoms with Crippen molar-refractivity contribution in [3.63, 3.8) is 0 Å². The van der Waals surface area contributed by atoms with E-state index in [0.717, 1.165) is 48.1 Å². The van der Waals surface area contributed by atoms with Gasteiger partial charge in [-0.1, -0.05) is 12.1 Å². The van der Waals surface area contributed by atoms with Crippen LogP contribution in [0.4, 0.5) is 4.39 Å². The molecule has 0 radical (unpaired) electrons. The molecule has 2 heterocycles. The summed E-state index contributed by atoms with van der Waals surface area (Å²) in [7, 11) is 0. The van der Waals surface area contributed by atoms with Crippen LogP contribution in [0.1, 0.15) is 50.7 Å². The number of carbonyl (C=O) groups excluding carboxylic acids is 1. The highest BCUT2D eigenvalue weighted by Gasteiger charge is 2.54. The normalized spacial score (nSPS) is 21.3. The van der Waals surface area contributed by atoms with E-state index in [1.54, 1.807) is 36.8 Å². The third-order valence-electron chi connectivity index (χ3n) is 8.07. The number of halogens is 1. The molecule has 2 saturated carbocycles. The molecule has 0 aliphatic heterocycles. The Morgan fingerprint density at radius 2 is 1.86 bits per heavy atom. The predicted octanol–water partition coefficient (Wildman–Crippen LogP) is 5.21. The maximum Gasteiger partial charge on any atom is 0.224 e. The average molecular weight is 569 g/mol. The molecule has 4 aromatic rings. The minimum absolute atomic E-state index is 0.0143. The van der Waals surface area contributed by atoms with Gasteiger partial charge in [0, 0.05) is 11.6 Å². The lowest BCUT2D eigenvalue weighted by Gasteiger charge is -2.57. The first kappa shape index (κ1) is 27.7. The van der Waals surface area contributed by atoms with E-state index < -0.39 is 11.4 Å². The number of carbonyl (C=O) groups is 1. The van der Waals surface area contributed by atoms with Gasteiger partial charge in [-0.2, -0.15) is 10.4 Å². The largest absolute Gasteiger partial charge is 0.490 e. The number of fused-ring (bicyclic) bond motifs is 1. The summed E-state index contributed by atoms with van der Waals surface area (Å²) in [6, 6.07) is 17.7. The van der Waals surface area contributed by atoms with Gasteiger partial charge in [-0.15, -0.1) is 0 Å². The van der Waals surface area contributed by atoms with Gasteiger partial charge in [0.25, 0.3) is 0 Å². The quantitative estimate of drug-likeness (QED) is 0.287. The molecule has 2 N–H and O–H groups in total. The molecule has 2 aliphatic rings. The third kappa shape index (κ3) is 6.09. The highest BCUT2D eigenvalue weighted by molar-refractivity contribution is 5.81. The van der Waals surface area contributed by atoms with E-state index in [1.165, 1.54) is 12.1 Å². The van der Waals surface area contributed by atoms with Crippen LogP contribution in [0, 0.1) is 22.6 Å². The van der Waals surface area contributed by atoms with E-state index in [2.05, 4.69) is 10.4 Å². The number of amides is 1. The lowest BCUT2D eigenvalue weighted by Crippen LogP contribution is -2.58. The van der Waals surface area contributed by atoms with Gasteiger partial charge < -0.3 is 19.9 Å². The molecule has 216 valence electrons. The molecule has 0 saturated heterocycles. The number of pyridine rings is 1. The van der Waals surface area contributed by atoms with Crippen molar-refractivity contribution >= 4 is 11.4 Å². The van der Waals surface area contributed by atoms with E-state index in [4.69, 9.17) is 14.7 Å². The summed E-state index contributed by atoms with van der Waals surface area (Å²) in [6.07, 6.45) is 7.68. The molecule has 2 fully saturated rings. The molecule has 0 atom stereocenters. The van der Waals surface area contributed by atoms with Crippen LogP contribution < -0.4 is 14.8 Å². The standard InChI is InChI=1S/C33H33FN4O4/c1-32(2,40)20-41-28-7-8-30-24(18-36-38(30)19-28)12-31(39)37-26-13-33(14-26)15-29(16-33)42-27-5-3-22(4-6-27)23-9-21(17-35)10-25(34)11-23/h3-11,18-19,26,29,40H,12-16,20H2,1-2H3,(H,37,39). The molecule has 0 bridgehead atoms. The first-order valence-corrected chi connectivity index (χ1v) is 14.2. The molecular weight excluding hydrogens is 535 g/mol. The minimum Gasteiger partial charge on any atom is -0.490 e. The number of aliphatic hydroxyl groups is 1. The monoisotopic (exact) mass is 568 g/mol. The molecular formula is C33H33FN4O4. The Morgan fingerprint density at radius 1 is 1.12 bits per heavy atom. The number of ether oxygens (including phenoxy) is 2. The fourth-order valence-electron chi connectivity index (χ4n) is 6.10. The van der Waals surface area contributed by atoms with Crippen LogP contribution in [0.2, 0.25) is 0 Å². The molecule has 9 heteroatoms. The van der Waals surface area contributed by atoms with Crippen LogP contribution in [0.3, 0.4) is 0 Å². The maximum absolute atomic E-state index is 13.8. The van der Waals surface area contributed by atoms with E-state index in [1.807, 2.05) is 42.5 Å². The maximum atomic E-state index is 13.8. The average Bonchev–Trinajstić information content (AvgIpc) is 3.30. The Kier molecular flexibility index (Phi) is 7.11. The van der Waals surface area contributed by atoms with Gasteiger partial charge in [0.2, 0.25) is 5.91 Å². The number of hydrogen-bond donors (Lipinski definition) is 2. The number of benzene rings is 2. The van der Waals surface area contributed by atoms with Gasteiger partial charge in [-0.05, 0) is 98.5 Å². The van der Waals surface area contributed by atoms with Crippen LogP contribution >= 0.6 is 0 Å². The van der Waals surface area contributed by atoms with E-state index in [0.29, 0.717) is 16.9 Å². The summed E-state index contributed by atoms with van der Waals surface area (Å²) in [5.74, 6) is 0.921. The summed E-state index contributed by atoms with van der Waals surface area (Å²) in [5, 5.41) is 26.5. The number of nitriles is 1. The fourth-order valence-corrected chi connectivity index (χ4v) is 6.10. The van der Waals surface area contributed by atoms with Crippen molar-refractivity contribution in [3.8, 4) is 28.7 Å². The Hall–Kier alpha value is -4.42. The topological polar surface area (TPSA) is 109 Å². The summed E-state index contributed by atoms with van der Waals surface area (Å²) in [5.41, 5.74) is 2.78. The van der Waals surface area contributed by atoms with Crippen molar-refractivity contribution < 1.29 is 23.8 Å². The second kappa shape index (κ2) is 10.8. The summed E-state index contributed by atoms with van der Waals surface area (Å²) in [6.45, 7) is 3.54. The van der Waals surface area contributed by atoms with Gasteiger partial charge in [0.05, 0.1) is 47.7 Å². The summed E-state index contributed by atoms with van der Waals surface area (Å²) >= 11 is 0. The second-order valence-corrected chi connectivity index (χ2v) is 12.3. The highest BCUT2D eigenvalue weighted by Crippen LogP contribution is 2.56. The molecule has 2 aliphatic carbocycles. The number of hydrogen-bond acceptors (Lipinski definition) is 6. The smallest absolute Gasteiger partial charge is 0.224 e. The zero-order valence-corrected chi connectivity index (χ0v) is 23.6. The zero-order valence-electron chi connectivity index (χ0n) is 23.6. The Labute approximate surface area is 243 Å². The summed E-state index contributed by atoms with van der Waals surface area (Å²) < 4.78 is 27.3. The Bertz CT molecular complexity index is 1650. The first-order chi connectivity index (χ1) is 20.1. The van der Waals surface area contributed by atoms with Crippen molar-refractivity contribution in [1.29, 1.82) is 5.26 Å². The number of rotatable bonds is 9. The molecule has 0 unspecified atom stereocenters. The zero-order chi connectivity index (χ0) is 29.5. The second-order valence-electron chi connectivity index (χ2n) is 12.3. The van der Waals surface area contributed by atoms with Crippen molar-refractivity contribution in [2.75, 3.05) is 6.61 Å². The van der Waals surface area contributed by atoms with Crippen molar-refractivity contribution in [3.05, 3.63) is 83.9 Å². The molecule has 6 rings (SSSR count). The van der Waals surface area contributed by atoms with Crippen molar-refractivity contribution in [1.82, 2.24) is 14.9 Å². The first-order valence-electron chi connectivity index (χ1n) is 14.2. The molecule has 8 nitrogen and oxygen atoms in total. The van der Waals surface area contributed by atoms with Crippen LogP contribution in [-0.2, 0) is 11.2 Å². The minimum atomic E-state index is -0.930. The highest BCUT2D eigenvalue weighted by atomic mass is 19.1. The van der Waals surface area contributed by atoms with Gasteiger partial charge >= 0.3 is 0 Å². The van der Waals surface area contributed by atoms with Crippen LogP contribution in [0.25, 0.3) is 16.6 Å². The van der Waals surface area contributed by atoms with Crippen LogP contribution in [-0.4, -0.2) is 45.0 Å². The fraction of sp³-hybridized carbons (Fsp3) is 0.364. The third-order valence-corrected chi connectivity index (χ3v) is 8.07. The summed E-state index contributed by atoms with van der Waals surface area (Å²) in [4.78, 5) is 12.8. The number of nitrogens with one attached hydrogen (secondary N) is 1. The van der Waals surface area contributed by atoms with E-state index in [9.17, 15) is 14.3 Å². The molecule has 2 aromatic carbocycles. The SMILES string of the molecule is CC(C)(O)COc1ccc2c(CC(=O)NC3CC4(C3)CC(Oc3ccc(-c5cc(F)cc(C#N)c5)cc3)C4)cnn2c1. The predicted molar refractivity (Wildman–Crippen MR) is 154 cm³/mol.